The van der Waals surface area contributed by atoms with E-state index in [1.807, 2.05) is 6.07 Å². The largest absolute Gasteiger partial charge is 0.493 e. The third kappa shape index (κ3) is 4.91. The molecular formula is C29H28FN3O5. The number of piperidine rings is 1. The van der Waals surface area contributed by atoms with Gasteiger partial charge in [-0.15, -0.1) is 0 Å². The molecule has 196 valence electrons. The van der Waals surface area contributed by atoms with E-state index < -0.39 is 11.7 Å². The SMILES string of the molecule is COc1ccc(/C=C(\NC(=O)c2ccccc2F)C(=O)N2C[C@H]3C[C@@H](C2)c2cccc(=O)n2C3)cc1OC. The molecule has 2 amide bonds. The number of carbonyl (C=O) groups excluding carboxylic acids is 2. The number of benzene rings is 2. The van der Waals surface area contributed by atoms with Gasteiger partial charge >= 0.3 is 0 Å². The normalized spacial score (nSPS) is 18.4. The maximum Gasteiger partial charge on any atom is 0.270 e. The van der Waals surface area contributed by atoms with E-state index in [0.717, 1.165) is 12.1 Å². The number of nitrogens with zero attached hydrogens (tertiary/aromatic N) is 2. The van der Waals surface area contributed by atoms with E-state index in [0.29, 0.717) is 36.7 Å². The van der Waals surface area contributed by atoms with E-state index in [2.05, 4.69) is 5.32 Å². The van der Waals surface area contributed by atoms with Crippen molar-refractivity contribution >= 4 is 17.9 Å². The molecular weight excluding hydrogens is 489 g/mol. The molecule has 2 atom stereocenters. The van der Waals surface area contributed by atoms with Crippen molar-refractivity contribution in [3.05, 3.63) is 99.4 Å². The van der Waals surface area contributed by atoms with Crippen LogP contribution in [0.2, 0.25) is 0 Å². The molecule has 38 heavy (non-hydrogen) atoms. The van der Waals surface area contributed by atoms with Crippen LogP contribution >= 0.6 is 0 Å². The third-order valence-electron chi connectivity index (χ3n) is 7.08. The smallest absolute Gasteiger partial charge is 0.270 e. The molecule has 3 aromatic rings. The fourth-order valence-corrected chi connectivity index (χ4v) is 5.33. The Morgan fingerprint density at radius 1 is 0.974 bits per heavy atom. The molecule has 2 aliphatic rings. The van der Waals surface area contributed by atoms with Crippen LogP contribution < -0.4 is 20.3 Å². The van der Waals surface area contributed by atoms with Gasteiger partial charge in [0, 0.05) is 37.3 Å². The van der Waals surface area contributed by atoms with E-state index in [-0.39, 0.29) is 34.6 Å². The van der Waals surface area contributed by atoms with E-state index in [1.54, 1.807) is 51.9 Å². The lowest BCUT2D eigenvalue weighted by molar-refractivity contribution is -0.130. The van der Waals surface area contributed by atoms with Gasteiger partial charge < -0.3 is 24.3 Å². The number of hydrogen-bond donors (Lipinski definition) is 1. The predicted octanol–water partition coefficient (Wildman–Crippen LogP) is 3.42. The first kappa shape index (κ1) is 25.3. The minimum Gasteiger partial charge on any atom is -0.493 e. The summed E-state index contributed by atoms with van der Waals surface area (Å²) in [7, 11) is 3.03. The Kier molecular flexibility index (Phi) is 7.00. The number of aromatic nitrogens is 1. The summed E-state index contributed by atoms with van der Waals surface area (Å²) in [6.07, 6.45) is 2.43. The van der Waals surface area contributed by atoms with Crippen LogP contribution in [0.15, 0.2) is 71.2 Å². The van der Waals surface area contributed by atoms with Crippen molar-refractivity contribution in [2.45, 2.75) is 18.9 Å². The summed E-state index contributed by atoms with van der Waals surface area (Å²) < 4.78 is 26.8. The zero-order valence-electron chi connectivity index (χ0n) is 21.1. The molecule has 9 heteroatoms. The number of halogens is 1. The summed E-state index contributed by atoms with van der Waals surface area (Å²) in [5.74, 6) is -0.700. The predicted molar refractivity (Wildman–Crippen MR) is 140 cm³/mol. The first-order valence-electron chi connectivity index (χ1n) is 12.4. The first-order chi connectivity index (χ1) is 18.4. The number of hydrogen-bond acceptors (Lipinski definition) is 5. The third-order valence-corrected chi connectivity index (χ3v) is 7.08. The molecule has 2 aromatic carbocycles. The Morgan fingerprint density at radius 3 is 2.53 bits per heavy atom. The van der Waals surface area contributed by atoms with Crippen LogP contribution in [0.1, 0.15) is 34.0 Å². The molecule has 0 aliphatic carbocycles. The van der Waals surface area contributed by atoms with E-state index >= 15 is 0 Å². The molecule has 0 saturated carbocycles. The monoisotopic (exact) mass is 517 g/mol. The Morgan fingerprint density at radius 2 is 1.76 bits per heavy atom. The van der Waals surface area contributed by atoms with Crippen molar-refractivity contribution in [3.8, 4) is 11.5 Å². The number of pyridine rings is 1. The molecule has 2 bridgehead atoms. The number of likely N-dealkylation sites (tertiary alicyclic amines) is 1. The van der Waals surface area contributed by atoms with Gasteiger partial charge in [-0.2, -0.15) is 0 Å². The summed E-state index contributed by atoms with van der Waals surface area (Å²) in [6.45, 7) is 1.37. The minimum atomic E-state index is -0.725. The van der Waals surface area contributed by atoms with Crippen LogP contribution in [0.3, 0.4) is 0 Å². The fourth-order valence-electron chi connectivity index (χ4n) is 5.33. The number of fused-ring (bicyclic) bond motifs is 4. The van der Waals surface area contributed by atoms with Gasteiger partial charge in [-0.1, -0.05) is 24.3 Å². The molecule has 0 unspecified atom stereocenters. The minimum absolute atomic E-state index is 0.00458. The molecule has 1 saturated heterocycles. The van der Waals surface area contributed by atoms with Crippen LogP contribution in [0, 0.1) is 11.7 Å². The fraction of sp³-hybridized carbons (Fsp3) is 0.276. The quantitative estimate of drug-likeness (QED) is 0.506. The van der Waals surface area contributed by atoms with E-state index in [4.69, 9.17) is 9.47 Å². The van der Waals surface area contributed by atoms with Crippen molar-refractivity contribution in [2.24, 2.45) is 5.92 Å². The van der Waals surface area contributed by atoms with Gasteiger partial charge in [0.2, 0.25) is 0 Å². The lowest BCUT2D eigenvalue weighted by Crippen LogP contribution is -2.50. The number of amides is 2. The highest BCUT2D eigenvalue weighted by atomic mass is 19.1. The summed E-state index contributed by atoms with van der Waals surface area (Å²) in [5, 5.41) is 2.64. The zero-order valence-corrected chi connectivity index (χ0v) is 21.1. The zero-order chi connectivity index (χ0) is 26.8. The Hall–Kier alpha value is -4.40. The number of rotatable bonds is 6. The number of methoxy groups -OCH3 is 2. The summed E-state index contributed by atoms with van der Waals surface area (Å²) in [4.78, 5) is 41.0. The summed E-state index contributed by atoms with van der Waals surface area (Å²) in [5.41, 5.74) is 1.31. The molecule has 0 radical (unpaired) electrons. The van der Waals surface area contributed by atoms with Gasteiger partial charge in [0.1, 0.15) is 11.5 Å². The molecule has 1 aromatic heterocycles. The molecule has 3 heterocycles. The number of nitrogens with one attached hydrogen (secondary N) is 1. The standard InChI is InChI=1S/C29H28FN3O5/c1-37-25-11-10-18(14-26(25)38-2)13-23(31-28(35)21-6-3-4-7-22(21)30)29(36)32-15-19-12-20(17-32)24-8-5-9-27(34)33(24)16-19/h3-11,13-14,19-20H,12,15-17H2,1-2H3,(H,31,35)/b23-13-/t19-,20+/m1/s1. The van der Waals surface area contributed by atoms with Crippen LogP contribution in [0.5, 0.6) is 11.5 Å². The van der Waals surface area contributed by atoms with Crippen molar-refractivity contribution in [1.29, 1.82) is 0 Å². The van der Waals surface area contributed by atoms with Crippen molar-refractivity contribution in [1.82, 2.24) is 14.8 Å². The Balaban J connectivity index is 1.48. The maximum absolute atomic E-state index is 14.4. The summed E-state index contributed by atoms with van der Waals surface area (Å²) in [6, 6.07) is 16.0. The Bertz CT molecular complexity index is 1480. The molecule has 1 fully saturated rings. The van der Waals surface area contributed by atoms with Gasteiger partial charge in [0.15, 0.2) is 11.5 Å². The van der Waals surface area contributed by atoms with Gasteiger partial charge in [-0.05, 0) is 54.3 Å². The second-order valence-electron chi connectivity index (χ2n) is 9.51. The average molecular weight is 518 g/mol. The number of ether oxygens (including phenoxy) is 2. The topological polar surface area (TPSA) is 89.9 Å². The number of carbonyl (C=O) groups is 2. The molecule has 2 aliphatic heterocycles. The van der Waals surface area contributed by atoms with Crippen LogP contribution in [-0.4, -0.2) is 48.6 Å². The second-order valence-corrected chi connectivity index (χ2v) is 9.51. The highest BCUT2D eigenvalue weighted by molar-refractivity contribution is 6.05. The van der Waals surface area contributed by atoms with Crippen molar-refractivity contribution < 1.29 is 23.5 Å². The summed E-state index contributed by atoms with van der Waals surface area (Å²) >= 11 is 0. The average Bonchev–Trinajstić information content (AvgIpc) is 2.93. The lowest BCUT2D eigenvalue weighted by atomic mass is 9.83. The second kappa shape index (κ2) is 10.5. The van der Waals surface area contributed by atoms with Crippen LogP contribution in [0.4, 0.5) is 4.39 Å². The van der Waals surface area contributed by atoms with E-state index in [9.17, 15) is 18.8 Å². The maximum atomic E-state index is 14.4. The van der Waals surface area contributed by atoms with Gasteiger partial charge in [-0.25, -0.2) is 4.39 Å². The molecule has 8 nitrogen and oxygen atoms in total. The first-order valence-corrected chi connectivity index (χ1v) is 12.4. The lowest BCUT2D eigenvalue weighted by Gasteiger charge is -2.43. The molecule has 5 rings (SSSR count). The van der Waals surface area contributed by atoms with Gasteiger partial charge in [0.25, 0.3) is 17.4 Å². The molecule has 1 N–H and O–H groups in total. The molecule has 0 spiro atoms. The van der Waals surface area contributed by atoms with E-state index in [1.165, 1.54) is 32.4 Å². The highest BCUT2D eigenvalue weighted by Crippen LogP contribution is 2.35. The highest BCUT2D eigenvalue weighted by Gasteiger charge is 2.37. The van der Waals surface area contributed by atoms with Crippen molar-refractivity contribution in [3.63, 3.8) is 0 Å². The Labute approximate surface area is 219 Å². The van der Waals surface area contributed by atoms with Gasteiger partial charge in [-0.3, -0.25) is 14.4 Å². The van der Waals surface area contributed by atoms with Crippen LogP contribution in [0.25, 0.3) is 6.08 Å². The van der Waals surface area contributed by atoms with Crippen molar-refractivity contribution in [2.75, 3.05) is 27.3 Å². The van der Waals surface area contributed by atoms with Crippen LogP contribution in [-0.2, 0) is 11.3 Å². The van der Waals surface area contributed by atoms with Gasteiger partial charge in [0.05, 0.1) is 19.8 Å².